The number of halogens is 3. The minimum Gasteiger partial charge on any atom is -0.480 e. The second-order valence-corrected chi connectivity index (χ2v) is 3.74. The quantitative estimate of drug-likeness (QED) is 0.584. The summed E-state index contributed by atoms with van der Waals surface area (Å²) >= 11 is 0. The van der Waals surface area contributed by atoms with E-state index in [4.69, 9.17) is 5.11 Å². The van der Waals surface area contributed by atoms with Crippen LogP contribution < -0.4 is 10.6 Å². The van der Waals surface area contributed by atoms with Crippen molar-refractivity contribution < 1.29 is 32.7 Å². The number of alkyl halides is 3. The fourth-order valence-corrected chi connectivity index (χ4v) is 1.28. The predicted molar refractivity (Wildman–Crippen MR) is 46.8 cm³/mol. The Kier molecular flexibility index (Phi) is 3.15. The lowest BCUT2D eigenvalue weighted by Gasteiger charge is -2.30. The summed E-state index contributed by atoms with van der Waals surface area (Å²) in [7, 11) is 0. The van der Waals surface area contributed by atoms with Crippen molar-refractivity contribution >= 4 is 17.8 Å². The van der Waals surface area contributed by atoms with Crippen LogP contribution in [0.25, 0.3) is 0 Å². The third-order valence-corrected chi connectivity index (χ3v) is 2.43. The van der Waals surface area contributed by atoms with Crippen molar-refractivity contribution in [3.63, 3.8) is 0 Å². The average Bonchev–Trinajstić information content (AvgIpc) is 2.42. The van der Waals surface area contributed by atoms with Crippen molar-refractivity contribution in [1.29, 1.82) is 0 Å². The molecule has 0 aromatic rings. The number of aliphatic carboxylic acids is 1. The lowest BCUT2D eigenvalue weighted by molar-refractivity contribution is -0.207. The van der Waals surface area contributed by atoms with Crippen molar-refractivity contribution in [2.75, 3.05) is 0 Å². The van der Waals surface area contributed by atoms with Crippen LogP contribution in [0.15, 0.2) is 0 Å². The topological polar surface area (TPSA) is 95.5 Å². The molecular formula is C8H9F3N2O4. The van der Waals surface area contributed by atoms with Crippen LogP contribution in [0.3, 0.4) is 0 Å². The molecule has 3 N–H and O–H groups in total. The smallest absolute Gasteiger partial charge is 0.417 e. The molecule has 1 rings (SSSR count). The fraction of sp³-hybridized carbons (Fsp3) is 0.625. The van der Waals surface area contributed by atoms with Gasteiger partial charge in [0.1, 0.15) is 0 Å². The Morgan fingerprint density at radius 2 is 2.00 bits per heavy atom. The van der Waals surface area contributed by atoms with Gasteiger partial charge in [-0.15, -0.1) is 0 Å². The molecule has 1 fully saturated rings. The molecule has 96 valence electrons. The summed E-state index contributed by atoms with van der Waals surface area (Å²) in [6, 6.07) is -1.50. The van der Waals surface area contributed by atoms with Crippen LogP contribution in [-0.2, 0) is 14.4 Å². The Hall–Kier alpha value is -1.64. The number of hydrogen-bond acceptors (Lipinski definition) is 4. The lowest BCUT2D eigenvalue weighted by Crippen LogP contribution is -2.64. The number of carbonyl (C=O) groups is 3. The van der Waals surface area contributed by atoms with Crippen LogP contribution in [-0.4, -0.2) is 40.6 Å². The molecule has 0 radical (unpaired) electrons. The van der Waals surface area contributed by atoms with E-state index in [1.165, 1.54) is 0 Å². The van der Waals surface area contributed by atoms with E-state index in [0.29, 0.717) is 6.92 Å². The highest BCUT2D eigenvalue weighted by molar-refractivity contribution is 6.05. The predicted octanol–water partition coefficient (Wildman–Crippen LogP) is -0.603. The molecule has 2 amide bonds. The van der Waals surface area contributed by atoms with Crippen LogP contribution in [0.4, 0.5) is 13.2 Å². The third kappa shape index (κ3) is 2.38. The van der Waals surface area contributed by atoms with Crippen molar-refractivity contribution in [3.05, 3.63) is 0 Å². The molecule has 9 heteroatoms. The average molecular weight is 254 g/mol. The second kappa shape index (κ2) is 3.99. The Balaban J connectivity index is 2.93. The summed E-state index contributed by atoms with van der Waals surface area (Å²) in [4.78, 5) is 32.5. The van der Waals surface area contributed by atoms with E-state index < -0.39 is 42.0 Å². The van der Waals surface area contributed by atoms with Gasteiger partial charge in [0.15, 0.2) is 0 Å². The number of imide groups is 1. The van der Waals surface area contributed by atoms with Crippen molar-refractivity contribution in [2.24, 2.45) is 0 Å². The van der Waals surface area contributed by atoms with E-state index in [1.54, 1.807) is 10.6 Å². The standard InChI is InChI=1S/C8H9F3N2O4/c1-7(6(16)17,8(9,10)11)13-3-2-4(14)12-5(3)15/h3,13H,2H2,1H3,(H,16,17)(H,12,14,15). The maximum Gasteiger partial charge on any atom is 0.417 e. The zero-order valence-corrected chi connectivity index (χ0v) is 8.59. The summed E-state index contributed by atoms with van der Waals surface area (Å²) in [6.45, 7) is 0.394. The number of carboxylic acid groups (broad SMARTS) is 1. The summed E-state index contributed by atoms with van der Waals surface area (Å²) in [5.41, 5.74) is -3.28. The van der Waals surface area contributed by atoms with Crippen LogP contribution >= 0.6 is 0 Å². The molecule has 1 aliphatic rings. The molecule has 1 heterocycles. The minimum atomic E-state index is -5.09. The first-order valence-corrected chi connectivity index (χ1v) is 4.49. The molecule has 0 aromatic heterocycles. The van der Waals surface area contributed by atoms with Gasteiger partial charge in [0.25, 0.3) is 0 Å². The Morgan fingerprint density at radius 1 is 1.47 bits per heavy atom. The van der Waals surface area contributed by atoms with Gasteiger partial charge in [0.2, 0.25) is 17.4 Å². The van der Waals surface area contributed by atoms with Crippen molar-refractivity contribution in [3.8, 4) is 0 Å². The van der Waals surface area contributed by atoms with E-state index >= 15 is 0 Å². The van der Waals surface area contributed by atoms with Gasteiger partial charge in [-0.3, -0.25) is 20.2 Å². The second-order valence-electron chi connectivity index (χ2n) is 3.74. The Labute approximate surface area is 93.2 Å². The first-order chi connectivity index (χ1) is 7.58. The van der Waals surface area contributed by atoms with Crippen LogP contribution in [0, 0.1) is 0 Å². The number of amides is 2. The summed E-state index contributed by atoms with van der Waals surface area (Å²) in [5, 5.41) is 12.0. The summed E-state index contributed by atoms with van der Waals surface area (Å²) in [5.74, 6) is -3.88. The van der Waals surface area contributed by atoms with E-state index in [9.17, 15) is 27.6 Å². The first kappa shape index (κ1) is 13.4. The molecule has 0 aromatic carbocycles. The highest BCUT2D eigenvalue weighted by atomic mass is 19.4. The van der Waals surface area contributed by atoms with Gasteiger partial charge in [-0.1, -0.05) is 0 Å². The van der Waals surface area contributed by atoms with Gasteiger partial charge in [-0.2, -0.15) is 13.2 Å². The van der Waals surface area contributed by atoms with Gasteiger partial charge < -0.3 is 5.11 Å². The lowest BCUT2D eigenvalue weighted by atomic mass is 10.00. The van der Waals surface area contributed by atoms with E-state index in [2.05, 4.69) is 0 Å². The molecule has 0 bridgehead atoms. The normalized spacial score (nSPS) is 24.4. The van der Waals surface area contributed by atoms with Crippen molar-refractivity contribution in [2.45, 2.75) is 31.1 Å². The number of carboxylic acids is 1. The van der Waals surface area contributed by atoms with Gasteiger partial charge >= 0.3 is 12.1 Å². The highest BCUT2D eigenvalue weighted by Gasteiger charge is 2.59. The van der Waals surface area contributed by atoms with Crippen molar-refractivity contribution in [1.82, 2.24) is 10.6 Å². The first-order valence-electron chi connectivity index (χ1n) is 4.49. The Bertz CT molecular complexity index is 381. The molecule has 0 spiro atoms. The molecule has 2 unspecified atom stereocenters. The molecule has 0 aliphatic carbocycles. The molecule has 1 saturated heterocycles. The maximum atomic E-state index is 12.6. The molecule has 1 aliphatic heterocycles. The van der Waals surface area contributed by atoms with Gasteiger partial charge in [0, 0.05) is 0 Å². The van der Waals surface area contributed by atoms with Gasteiger partial charge in [-0.05, 0) is 6.92 Å². The highest BCUT2D eigenvalue weighted by Crippen LogP contribution is 2.31. The number of rotatable bonds is 3. The largest absolute Gasteiger partial charge is 0.480 e. The van der Waals surface area contributed by atoms with Gasteiger partial charge in [-0.25, -0.2) is 4.79 Å². The summed E-state index contributed by atoms with van der Waals surface area (Å²) in [6.07, 6.45) is -5.61. The SMILES string of the molecule is CC(NC1CC(=O)NC1=O)(C(=O)O)C(F)(F)F. The fourth-order valence-electron chi connectivity index (χ4n) is 1.28. The molecular weight excluding hydrogens is 245 g/mol. The third-order valence-electron chi connectivity index (χ3n) is 2.43. The molecule has 6 nitrogen and oxygen atoms in total. The Morgan fingerprint density at radius 3 is 2.29 bits per heavy atom. The van der Waals surface area contributed by atoms with Crippen LogP contribution in [0.5, 0.6) is 0 Å². The van der Waals surface area contributed by atoms with E-state index in [0.717, 1.165) is 0 Å². The summed E-state index contributed by atoms with van der Waals surface area (Å²) < 4.78 is 37.7. The molecule has 2 atom stereocenters. The van der Waals surface area contributed by atoms with Gasteiger partial charge in [0.05, 0.1) is 12.5 Å². The van der Waals surface area contributed by atoms with E-state index in [1.807, 2.05) is 0 Å². The van der Waals surface area contributed by atoms with E-state index in [-0.39, 0.29) is 0 Å². The number of hydrogen-bond donors (Lipinski definition) is 3. The minimum absolute atomic E-state index is 0.394. The zero-order valence-electron chi connectivity index (χ0n) is 8.59. The monoisotopic (exact) mass is 254 g/mol. The zero-order chi connectivity index (χ0) is 13.4. The number of nitrogens with one attached hydrogen (secondary N) is 2. The van der Waals surface area contributed by atoms with Crippen LogP contribution in [0.1, 0.15) is 13.3 Å². The molecule has 0 saturated carbocycles. The number of carbonyl (C=O) groups excluding carboxylic acids is 2. The van der Waals surface area contributed by atoms with Crippen LogP contribution in [0.2, 0.25) is 0 Å². The maximum absolute atomic E-state index is 12.6. The molecule has 17 heavy (non-hydrogen) atoms.